The number of rotatable bonds is 12. The monoisotopic (exact) mass is 527 g/mol. The summed E-state index contributed by atoms with van der Waals surface area (Å²) in [6.45, 7) is 4.38. The number of para-hydroxylation sites is 1. The van der Waals surface area contributed by atoms with Crippen LogP contribution in [0.25, 0.3) is 0 Å². The molecule has 2 aromatic rings. The van der Waals surface area contributed by atoms with Crippen LogP contribution in [-0.2, 0) is 26.2 Å². The summed E-state index contributed by atoms with van der Waals surface area (Å²) in [5.74, 6) is -0.504. The van der Waals surface area contributed by atoms with Gasteiger partial charge in [-0.3, -0.25) is 13.9 Å². The maximum atomic E-state index is 13.3. The summed E-state index contributed by atoms with van der Waals surface area (Å²) in [4.78, 5) is 27.5. The van der Waals surface area contributed by atoms with Gasteiger partial charge in [0.05, 0.1) is 11.9 Å². The summed E-state index contributed by atoms with van der Waals surface area (Å²) in [6.07, 6.45) is 1.92. The van der Waals surface area contributed by atoms with Crippen LogP contribution in [0, 0.1) is 0 Å². The van der Waals surface area contributed by atoms with Crippen molar-refractivity contribution in [3.63, 3.8) is 0 Å². The number of hydrogen-bond donors (Lipinski definition) is 1. The minimum absolute atomic E-state index is 0.0694. The maximum absolute atomic E-state index is 13.3. The van der Waals surface area contributed by atoms with Gasteiger partial charge in [-0.15, -0.1) is 0 Å². The molecule has 2 amide bonds. The number of sulfonamides is 1. The van der Waals surface area contributed by atoms with Crippen LogP contribution in [-0.4, -0.2) is 50.5 Å². The van der Waals surface area contributed by atoms with Crippen LogP contribution in [0.1, 0.15) is 38.7 Å². The molecule has 1 N–H and O–H groups in total. The third kappa shape index (κ3) is 7.89. The molecule has 0 saturated heterocycles. The van der Waals surface area contributed by atoms with E-state index in [1.54, 1.807) is 48.5 Å². The van der Waals surface area contributed by atoms with Crippen molar-refractivity contribution in [2.24, 2.45) is 0 Å². The first kappa shape index (κ1) is 28.0. The number of carbonyl (C=O) groups is 2. The third-order valence-corrected chi connectivity index (χ3v) is 7.07. The molecule has 0 aromatic heterocycles. The number of amides is 2. The quantitative estimate of drug-likeness (QED) is 0.440. The van der Waals surface area contributed by atoms with Crippen LogP contribution in [0.15, 0.2) is 48.5 Å². The van der Waals surface area contributed by atoms with Gasteiger partial charge >= 0.3 is 0 Å². The van der Waals surface area contributed by atoms with Crippen molar-refractivity contribution in [1.29, 1.82) is 0 Å². The van der Waals surface area contributed by atoms with Gasteiger partial charge in [0.2, 0.25) is 21.8 Å². The van der Waals surface area contributed by atoms with Crippen molar-refractivity contribution < 1.29 is 18.0 Å². The highest BCUT2D eigenvalue weighted by atomic mass is 35.5. The number of likely N-dealkylation sites (N-methyl/N-ethyl adjacent to an activating group) is 1. The molecule has 34 heavy (non-hydrogen) atoms. The van der Waals surface area contributed by atoms with Crippen LogP contribution >= 0.6 is 23.2 Å². The van der Waals surface area contributed by atoms with Crippen molar-refractivity contribution >= 4 is 50.7 Å². The number of nitrogens with zero attached hydrogens (tertiary/aromatic N) is 2. The SMILES string of the molecule is CCNC(=O)C(CC)N(Cc1ccc(Cl)cc1Cl)C(=O)CCCN(c1ccccc1)S(C)(=O)=O. The van der Waals surface area contributed by atoms with Crippen LogP contribution in [0.5, 0.6) is 0 Å². The Hall–Kier alpha value is -2.29. The topological polar surface area (TPSA) is 86.8 Å². The minimum Gasteiger partial charge on any atom is -0.355 e. The van der Waals surface area contributed by atoms with Crippen LogP contribution in [0.2, 0.25) is 10.0 Å². The molecular weight excluding hydrogens is 497 g/mol. The summed E-state index contributed by atoms with van der Waals surface area (Å²) in [6, 6.07) is 13.1. The standard InChI is InChI=1S/C24H31Cl2N3O4S/c1-4-22(24(31)27-5-2)28(17-18-13-14-19(25)16-21(18)26)23(30)12-9-15-29(34(3,32)33)20-10-7-6-8-11-20/h6-8,10-11,13-14,16,22H,4-5,9,12,15,17H2,1-3H3,(H,27,31). The summed E-state index contributed by atoms with van der Waals surface area (Å²) in [5, 5.41) is 3.66. The first-order valence-corrected chi connectivity index (χ1v) is 13.7. The Labute approximate surface area is 212 Å². The van der Waals surface area contributed by atoms with Gasteiger partial charge in [0.25, 0.3) is 0 Å². The van der Waals surface area contributed by atoms with Gasteiger partial charge < -0.3 is 10.2 Å². The van der Waals surface area contributed by atoms with E-state index in [4.69, 9.17) is 23.2 Å². The lowest BCUT2D eigenvalue weighted by molar-refractivity contribution is -0.141. The zero-order valence-electron chi connectivity index (χ0n) is 19.6. The highest BCUT2D eigenvalue weighted by Gasteiger charge is 2.29. The Bertz CT molecular complexity index is 1080. The molecule has 0 heterocycles. The predicted molar refractivity (Wildman–Crippen MR) is 138 cm³/mol. The van der Waals surface area contributed by atoms with Crippen molar-refractivity contribution in [2.75, 3.05) is 23.7 Å². The van der Waals surface area contributed by atoms with E-state index in [1.165, 1.54) is 9.21 Å². The molecule has 2 rings (SSSR count). The van der Waals surface area contributed by atoms with Crippen LogP contribution < -0.4 is 9.62 Å². The molecule has 0 aliphatic heterocycles. The second-order valence-corrected chi connectivity index (χ2v) is 10.6. The number of nitrogens with one attached hydrogen (secondary N) is 1. The number of benzene rings is 2. The summed E-state index contributed by atoms with van der Waals surface area (Å²) in [7, 11) is -3.52. The number of halogens is 2. The first-order chi connectivity index (χ1) is 16.1. The Balaban J connectivity index is 2.22. The molecule has 0 saturated carbocycles. The lowest BCUT2D eigenvalue weighted by atomic mass is 10.1. The lowest BCUT2D eigenvalue weighted by Crippen LogP contribution is -2.49. The fourth-order valence-corrected chi connectivity index (χ4v) is 5.08. The van der Waals surface area contributed by atoms with Crippen LogP contribution in [0.4, 0.5) is 5.69 Å². The molecule has 7 nitrogen and oxygen atoms in total. The smallest absolute Gasteiger partial charge is 0.242 e. The van der Waals surface area contributed by atoms with Gasteiger partial charge in [-0.05, 0) is 49.6 Å². The summed E-state index contributed by atoms with van der Waals surface area (Å²) < 4.78 is 25.9. The molecule has 10 heteroatoms. The molecule has 0 radical (unpaired) electrons. The molecular formula is C24H31Cl2N3O4S. The normalized spacial score (nSPS) is 12.1. The second-order valence-electron chi connectivity index (χ2n) is 7.85. The summed E-state index contributed by atoms with van der Waals surface area (Å²) >= 11 is 12.3. The zero-order chi connectivity index (χ0) is 25.3. The van der Waals surface area contributed by atoms with E-state index in [1.807, 2.05) is 13.8 Å². The fraction of sp³-hybridized carbons (Fsp3) is 0.417. The van der Waals surface area contributed by atoms with Gasteiger partial charge in [0.1, 0.15) is 6.04 Å². The van der Waals surface area contributed by atoms with Gasteiger partial charge in [0, 0.05) is 36.1 Å². The highest BCUT2D eigenvalue weighted by Crippen LogP contribution is 2.24. The Morgan fingerprint density at radius 3 is 2.29 bits per heavy atom. The number of carbonyl (C=O) groups excluding carboxylic acids is 2. The largest absolute Gasteiger partial charge is 0.355 e. The summed E-state index contributed by atoms with van der Waals surface area (Å²) in [5.41, 5.74) is 1.21. The maximum Gasteiger partial charge on any atom is 0.242 e. The molecule has 0 bridgehead atoms. The van der Waals surface area contributed by atoms with E-state index in [0.29, 0.717) is 34.3 Å². The average molecular weight is 529 g/mol. The fourth-order valence-electron chi connectivity index (χ4n) is 3.64. The van der Waals surface area contributed by atoms with E-state index in [0.717, 1.165) is 6.26 Å². The highest BCUT2D eigenvalue weighted by molar-refractivity contribution is 7.92. The Morgan fingerprint density at radius 2 is 1.74 bits per heavy atom. The van der Waals surface area contributed by atoms with Crippen molar-refractivity contribution in [3.05, 3.63) is 64.1 Å². The van der Waals surface area contributed by atoms with Crippen LogP contribution in [0.3, 0.4) is 0 Å². The molecule has 0 fully saturated rings. The van der Waals surface area contributed by atoms with E-state index in [-0.39, 0.29) is 37.7 Å². The Kier molecular flexibility index (Phi) is 10.7. The van der Waals surface area contributed by atoms with E-state index in [2.05, 4.69) is 5.32 Å². The van der Waals surface area contributed by atoms with Gasteiger partial charge in [-0.25, -0.2) is 8.42 Å². The van der Waals surface area contributed by atoms with Gasteiger partial charge in [-0.2, -0.15) is 0 Å². The van der Waals surface area contributed by atoms with Crippen molar-refractivity contribution in [1.82, 2.24) is 10.2 Å². The molecule has 186 valence electrons. The number of anilines is 1. The van der Waals surface area contributed by atoms with E-state index >= 15 is 0 Å². The third-order valence-electron chi connectivity index (χ3n) is 5.29. The Morgan fingerprint density at radius 1 is 1.06 bits per heavy atom. The molecule has 1 atom stereocenters. The molecule has 0 aliphatic rings. The average Bonchev–Trinajstić information content (AvgIpc) is 2.77. The first-order valence-electron chi connectivity index (χ1n) is 11.1. The minimum atomic E-state index is -3.52. The number of hydrogen-bond acceptors (Lipinski definition) is 4. The van der Waals surface area contributed by atoms with Crippen molar-refractivity contribution in [2.45, 2.75) is 45.7 Å². The molecule has 2 aromatic carbocycles. The lowest BCUT2D eigenvalue weighted by Gasteiger charge is -2.31. The van der Waals surface area contributed by atoms with Crippen molar-refractivity contribution in [3.8, 4) is 0 Å². The zero-order valence-corrected chi connectivity index (χ0v) is 22.0. The van der Waals surface area contributed by atoms with Gasteiger partial charge in [0.15, 0.2) is 0 Å². The molecule has 0 aliphatic carbocycles. The predicted octanol–water partition coefficient (Wildman–Crippen LogP) is 4.48. The second kappa shape index (κ2) is 13.0. The van der Waals surface area contributed by atoms with E-state index < -0.39 is 16.1 Å². The van der Waals surface area contributed by atoms with Gasteiger partial charge in [-0.1, -0.05) is 54.4 Å². The molecule has 0 spiro atoms. The molecule has 1 unspecified atom stereocenters. The van der Waals surface area contributed by atoms with E-state index in [9.17, 15) is 18.0 Å².